The van der Waals surface area contributed by atoms with Crippen molar-refractivity contribution in [3.8, 4) is 0 Å². The smallest absolute Gasteiger partial charge is 0.270 e. The van der Waals surface area contributed by atoms with Crippen LogP contribution in [0.25, 0.3) is 0 Å². The van der Waals surface area contributed by atoms with Crippen LogP contribution in [0.3, 0.4) is 0 Å². The number of ketones is 1. The third-order valence-electron chi connectivity index (χ3n) is 4.46. The van der Waals surface area contributed by atoms with Crippen LogP contribution in [0.5, 0.6) is 0 Å². The molecule has 24 heavy (non-hydrogen) atoms. The number of benzene rings is 1. The first-order chi connectivity index (χ1) is 11.5. The van der Waals surface area contributed by atoms with Gasteiger partial charge in [-0.3, -0.25) is 14.6 Å². The second kappa shape index (κ2) is 6.75. The molecule has 0 saturated heterocycles. The number of rotatable bonds is 6. The number of amides is 1. The Morgan fingerprint density at radius 3 is 2.46 bits per heavy atom. The van der Waals surface area contributed by atoms with Crippen LogP contribution in [-0.4, -0.2) is 40.9 Å². The molecule has 1 aliphatic heterocycles. The molecule has 0 aromatic heterocycles. The van der Waals surface area contributed by atoms with Crippen molar-refractivity contribution in [2.45, 2.75) is 52.1 Å². The molecule has 0 bridgehead atoms. The zero-order valence-corrected chi connectivity index (χ0v) is 14.6. The predicted octanol–water partition coefficient (Wildman–Crippen LogP) is 2.86. The zero-order chi connectivity index (χ0) is 17.3. The average molecular weight is 327 g/mol. The molecule has 1 atom stereocenters. The van der Waals surface area contributed by atoms with Gasteiger partial charge in [0, 0.05) is 19.0 Å². The summed E-state index contributed by atoms with van der Waals surface area (Å²) in [4.78, 5) is 27.0. The Morgan fingerprint density at radius 1 is 1.25 bits per heavy atom. The van der Waals surface area contributed by atoms with Crippen LogP contribution in [0.1, 0.15) is 40.0 Å². The van der Waals surface area contributed by atoms with Gasteiger partial charge in [0.25, 0.3) is 5.91 Å². The van der Waals surface area contributed by atoms with Crippen molar-refractivity contribution in [2.24, 2.45) is 11.0 Å². The standard InChI is InChI=1S/C19H25N3O2/c1-13(2)12-21(15-9-10-15)19(24)17-11-18(14(3)23)22(20-17)16-7-5-4-6-8-16/h4-8,13,15,18H,9-12H2,1-3H3. The average Bonchev–Trinajstić information content (AvgIpc) is 3.29. The molecule has 0 N–H and O–H groups in total. The minimum absolute atomic E-state index is 0.00381. The van der Waals surface area contributed by atoms with E-state index < -0.39 is 0 Å². The van der Waals surface area contributed by atoms with Crippen molar-refractivity contribution in [3.63, 3.8) is 0 Å². The van der Waals surface area contributed by atoms with Crippen LogP contribution < -0.4 is 5.01 Å². The number of Topliss-reactive ketones (excluding diaryl/α,β-unsaturated/α-hetero) is 1. The molecule has 2 aliphatic rings. The lowest BCUT2D eigenvalue weighted by molar-refractivity contribution is -0.125. The maximum Gasteiger partial charge on any atom is 0.270 e. The molecule has 3 rings (SSSR count). The van der Waals surface area contributed by atoms with Gasteiger partial charge < -0.3 is 4.90 Å². The fourth-order valence-electron chi connectivity index (χ4n) is 3.12. The number of nitrogens with zero attached hydrogens (tertiary/aromatic N) is 3. The SMILES string of the molecule is CC(=O)C1CC(C(=O)N(CC(C)C)C2CC2)=NN1c1ccccc1. The summed E-state index contributed by atoms with van der Waals surface area (Å²) in [5.41, 5.74) is 1.36. The molecule has 1 aromatic rings. The van der Waals surface area contributed by atoms with Crippen LogP contribution >= 0.6 is 0 Å². The quantitative estimate of drug-likeness (QED) is 0.807. The lowest BCUT2D eigenvalue weighted by atomic mass is 10.1. The Kier molecular flexibility index (Phi) is 4.69. The largest absolute Gasteiger partial charge is 0.334 e. The maximum atomic E-state index is 13.0. The van der Waals surface area contributed by atoms with Crippen molar-refractivity contribution in [1.29, 1.82) is 0 Å². The molecular weight excluding hydrogens is 302 g/mol. The van der Waals surface area contributed by atoms with E-state index in [0.29, 0.717) is 24.1 Å². The number of carbonyl (C=O) groups is 2. The van der Waals surface area contributed by atoms with E-state index >= 15 is 0 Å². The molecule has 1 unspecified atom stereocenters. The van der Waals surface area contributed by atoms with Crippen LogP contribution in [-0.2, 0) is 9.59 Å². The van der Waals surface area contributed by atoms with E-state index in [9.17, 15) is 9.59 Å². The first-order valence-corrected chi connectivity index (χ1v) is 8.70. The van der Waals surface area contributed by atoms with E-state index in [1.165, 1.54) is 0 Å². The van der Waals surface area contributed by atoms with Crippen LogP contribution in [0.15, 0.2) is 35.4 Å². The summed E-state index contributed by atoms with van der Waals surface area (Å²) >= 11 is 0. The number of hydrogen-bond acceptors (Lipinski definition) is 4. The van der Waals surface area contributed by atoms with E-state index in [2.05, 4.69) is 18.9 Å². The summed E-state index contributed by atoms with van der Waals surface area (Å²) in [6, 6.07) is 9.55. The van der Waals surface area contributed by atoms with Crippen molar-refractivity contribution in [2.75, 3.05) is 11.6 Å². The van der Waals surface area contributed by atoms with Gasteiger partial charge in [-0.2, -0.15) is 5.10 Å². The van der Waals surface area contributed by atoms with Crippen molar-refractivity contribution < 1.29 is 9.59 Å². The van der Waals surface area contributed by atoms with Crippen LogP contribution in [0.4, 0.5) is 5.69 Å². The molecule has 1 saturated carbocycles. The van der Waals surface area contributed by atoms with Crippen LogP contribution in [0.2, 0.25) is 0 Å². The number of hydrogen-bond donors (Lipinski definition) is 0. The fraction of sp³-hybridized carbons (Fsp3) is 0.526. The van der Waals surface area contributed by atoms with Gasteiger partial charge in [0.15, 0.2) is 5.78 Å². The minimum Gasteiger partial charge on any atom is -0.334 e. The molecule has 1 aromatic carbocycles. The highest BCUT2D eigenvalue weighted by Gasteiger charge is 2.39. The highest BCUT2D eigenvalue weighted by atomic mass is 16.2. The number of hydrazone groups is 1. The van der Waals surface area contributed by atoms with E-state index in [4.69, 9.17) is 0 Å². The van der Waals surface area contributed by atoms with Crippen LogP contribution in [0, 0.1) is 5.92 Å². The zero-order valence-electron chi connectivity index (χ0n) is 14.6. The third-order valence-corrected chi connectivity index (χ3v) is 4.46. The summed E-state index contributed by atoms with van der Waals surface area (Å²) in [5.74, 6) is 0.452. The number of anilines is 1. The summed E-state index contributed by atoms with van der Waals surface area (Å²) in [6.45, 7) is 6.55. The van der Waals surface area contributed by atoms with Gasteiger partial charge in [0.1, 0.15) is 11.8 Å². The van der Waals surface area contributed by atoms with Gasteiger partial charge >= 0.3 is 0 Å². The Hall–Kier alpha value is -2.17. The monoisotopic (exact) mass is 327 g/mol. The highest BCUT2D eigenvalue weighted by Crippen LogP contribution is 2.30. The van der Waals surface area contributed by atoms with Gasteiger partial charge in [0.05, 0.1) is 5.69 Å². The fourth-order valence-corrected chi connectivity index (χ4v) is 3.12. The molecule has 1 aliphatic carbocycles. The first-order valence-electron chi connectivity index (χ1n) is 8.70. The maximum absolute atomic E-state index is 13.0. The summed E-state index contributed by atoms with van der Waals surface area (Å²) < 4.78 is 0. The van der Waals surface area contributed by atoms with Gasteiger partial charge in [0.2, 0.25) is 0 Å². The second-order valence-corrected chi connectivity index (χ2v) is 7.14. The minimum atomic E-state index is -0.383. The van der Waals surface area contributed by atoms with Gasteiger partial charge in [-0.15, -0.1) is 0 Å². The molecule has 0 spiro atoms. The molecular formula is C19H25N3O2. The van der Waals surface area contributed by atoms with E-state index in [1.54, 1.807) is 11.9 Å². The van der Waals surface area contributed by atoms with Gasteiger partial charge in [-0.1, -0.05) is 32.0 Å². The van der Waals surface area contributed by atoms with Crippen molar-refractivity contribution in [3.05, 3.63) is 30.3 Å². The second-order valence-electron chi connectivity index (χ2n) is 7.14. The molecule has 128 valence electrons. The molecule has 0 radical (unpaired) electrons. The molecule has 1 heterocycles. The Labute approximate surface area is 143 Å². The number of para-hydroxylation sites is 1. The normalized spacial score (nSPS) is 20.2. The van der Waals surface area contributed by atoms with Gasteiger partial charge in [-0.05, 0) is 37.8 Å². The van der Waals surface area contributed by atoms with Crippen molar-refractivity contribution in [1.82, 2.24) is 4.90 Å². The summed E-state index contributed by atoms with van der Waals surface area (Å²) in [5, 5.41) is 6.24. The molecule has 5 heteroatoms. The lowest BCUT2D eigenvalue weighted by Gasteiger charge is -2.24. The summed E-state index contributed by atoms with van der Waals surface area (Å²) in [6.07, 6.45) is 2.54. The Bertz CT molecular complexity index is 650. The molecule has 1 fully saturated rings. The lowest BCUT2D eigenvalue weighted by Crippen LogP contribution is -2.40. The highest BCUT2D eigenvalue weighted by molar-refractivity contribution is 6.40. The number of carbonyl (C=O) groups excluding carboxylic acids is 2. The van der Waals surface area contributed by atoms with E-state index in [-0.39, 0.29) is 17.7 Å². The van der Waals surface area contributed by atoms with Crippen molar-refractivity contribution >= 4 is 23.1 Å². The Morgan fingerprint density at radius 2 is 1.92 bits per heavy atom. The topological polar surface area (TPSA) is 53.0 Å². The molecule has 5 nitrogen and oxygen atoms in total. The Balaban J connectivity index is 1.84. The van der Waals surface area contributed by atoms with E-state index in [0.717, 1.165) is 25.1 Å². The summed E-state index contributed by atoms with van der Waals surface area (Å²) in [7, 11) is 0. The third kappa shape index (κ3) is 3.50. The first kappa shape index (κ1) is 16.7. The van der Waals surface area contributed by atoms with Gasteiger partial charge in [-0.25, -0.2) is 0 Å². The predicted molar refractivity (Wildman–Crippen MR) is 95.0 cm³/mol. The molecule has 1 amide bonds. The van der Waals surface area contributed by atoms with E-state index in [1.807, 2.05) is 35.2 Å².